The van der Waals surface area contributed by atoms with Gasteiger partial charge in [0.05, 0.1) is 5.41 Å². The maximum atomic E-state index is 12.4. The minimum Gasteiger partial charge on any atom is -0.446 e. The normalized spacial score (nSPS) is 12.7. The minimum atomic E-state index is -0.817. The largest absolute Gasteiger partial charge is 0.446 e. The number of rotatable bonds is 23. The molecule has 0 rings (SSSR count). The van der Waals surface area contributed by atoms with Crippen LogP contribution in [-0.2, 0) is 14.3 Å². The molecule has 0 fully saturated rings. The fourth-order valence-electron chi connectivity index (χ4n) is 4.02. The summed E-state index contributed by atoms with van der Waals surface area (Å²) in [5, 5.41) is 0. The Morgan fingerprint density at radius 1 is 0.750 bits per heavy atom. The predicted octanol–water partition coefficient (Wildman–Crippen LogP) is 6.80. The zero-order valence-electron chi connectivity index (χ0n) is 21.6. The molecule has 0 aromatic carbocycles. The molecule has 0 radical (unpaired) electrons. The molecule has 0 aliphatic heterocycles. The third-order valence-corrected chi connectivity index (χ3v) is 6.20. The van der Waals surface area contributed by atoms with Gasteiger partial charge in [-0.1, -0.05) is 90.4 Å². The van der Waals surface area contributed by atoms with Gasteiger partial charge in [0.25, 0.3) is 0 Å². The molecule has 5 heteroatoms. The minimum absolute atomic E-state index is 0.145. The smallest absolute Gasteiger partial charge is 0.313 e. The Bertz CT molecular complexity index is 466. The monoisotopic (exact) mass is 454 g/mol. The summed E-state index contributed by atoms with van der Waals surface area (Å²) < 4.78 is 5.37. The van der Waals surface area contributed by atoms with Gasteiger partial charge in [-0.15, -0.1) is 0 Å². The number of hydrogen-bond donors (Lipinski definition) is 2. The highest BCUT2D eigenvalue weighted by atomic mass is 16.6. The molecule has 0 saturated heterocycles. The second kappa shape index (κ2) is 20.7. The first-order chi connectivity index (χ1) is 15.3. The molecule has 5 nitrogen and oxygen atoms in total. The Hall–Kier alpha value is -0.940. The van der Waals surface area contributed by atoms with Crippen LogP contribution in [0.5, 0.6) is 0 Å². The molecule has 1 atom stereocenters. The first kappa shape index (κ1) is 31.1. The lowest BCUT2D eigenvalue weighted by molar-refractivity contribution is -0.161. The van der Waals surface area contributed by atoms with Crippen LogP contribution in [0.15, 0.2) is 0 Å². The maximum Gasteiger partial charge on any atom is 0.313 e. The Morgan fingerprint density at radius 3 is 1.72 bits per heavy atom. The lowest BCUT2D eigenvalue weighted by atomic mass is 9.86. The molecule has 0 bridgehead atoms. The van der Waals surface area contributed by atoms with Crippen molar-refractivity contribution in [3.8, 4) is 0 Å². The van der Waals surface area contributed by atoms with Crippen LogP contribution in [-0.4, -0.2) is 24.5 Å². The highest BCUT2D eigenvalue weighted by molar-refractivity contribution is 5.86. The Labute approximate surface area is 198 Å². The molecule has 0 aromatic heterocycles. The van der Waals surface area contributed by atoms with Crippen LogP contribution in [0.1, 0.15) is 143 Å². The van der Waals surface area contributed by atoms with E-state index in [-0.39, 0.29) is 18.2 Å². The van der Waals surface area contributed by atoms with Gasteiger partial charge < -0.3 is 10.5 Å². The van der Waals surface area contributed by atoms with Crippen molar-refractivity contribution in [1.82, 2.24) is 0 Å². The highest BCUT2D eigenvalue weighted by Gasteiger charge is 2.32. The van der Waals surface area contributed by atoms with Crippen molar-refractivity contribution < 1.29 is 14.3 Å². The Kier molecular flexibility index (Phi) is 20.0. The molecular formula is C27H54N2O3. The third kappa shape index (κ3) is 18.6. The van der Waals surface area contributed by atoms with Crippen LogP contribution in [0, 0.1) is 5.41 Å². The zero-order chi connectivity index (χ0) is 24.1. The second-order valence-electron chi connectivity index (χ2n) is 10.2. The van der Waals surface area contributed by atoms with Gasteiger partial charge in [-0.2, -0.15) is 0 Å². The van der Waals surface area contributed by atoms with Crippen molar-refractivity contribution in [2.24, 2.45) is 16.9 Å². The summed E-state index contributed by atoms with van der Waals surface area (Å²) in [6.45, 7) is 6.48. The van der Waals surface area contributed by atoms with Crippen LogP contribution in [0.2, 0.25) is 0 Å². The number of unbranched alkanes of at least 4 members (excludes halogenated alkanes) is 14. The van der Waals surface area contributed by atoms with Crippen LogP contribution in [0.4, 0.5) is 0 Å². The lowest BCUT2D eigenvalue weighted by Gasteiger charge is -2.24. The van der Waals surface area contributed by atoms with Crippen LogP contribution in [0.3, 0.4) is 0 Å². The van der Waals surface area contributed by atoms with Gasteiger partial charge in [-0.25, -0.2) is 0 Å². The fraction of sp³-hybridized carbons (Fsp3) is 0.926. The van der Waals surface area contributed by atoms with Crippen LogP contribution in [0.25, 0.3) is 0 Å². The maximum absolute atomic E-state index is 12.4. The zero-order valence-corrected chi connectivity index (χ0v) is 21.6. The first-order valence-corrected chi connectivity index (χ1v) is 13.5. The summed E-state index contributed by atoms with van der Waals surface area (Å²) in [5.41, 5.74) is 10.6. The van der Waals surface area contributed by atoms with Crippen molar-refractivity contribution in [2.45, 2.75) is 149 Å². The van der Waals surface area contributed by atoms with Crippen LogP contribution >= 0.6 is 0 Å². The molecule has 0 aliphatic rings. The van der Waals surface area contributed by atoms with Crippen molar-refractivity contribution in [3.63, 3.8) is 0 Å². The van der Waals surface area contributed by atoms with Gasteiger partial charge in [0.2, 0.25) is 0 Å². The Morgan fingerprint density at radius 2 is 1.22 bits per heavy atom. The van der Waals surface area contributed by atoms with Gasteiger partial charge in [0, 0.05) is 12.8 Å². The van der Waals surface area contributed by atoms with Gasteiger partial charge in [-0.3, -0.25) is 15.3 Å². The van der Waals surface area contributed by atoms with Gasteiger partial charge >= 0.3 is 5.97 Å². The van der Waals surface area contributed by atoms with E-state index in [1.54, 1.807) is 13.8 Å². The summed E-state index contributed by atoms with van der Waals surface area (Å²) >= 11 is 0. The molecule has 1 unspecified atom stereocenters. The average molecular weight is 455 g/mol. The lowest BCUT2D eigenvalue weighted by Crippen LogP contribution is -2.36. The number of carbonyl (C=O) groups is 2. The molecule has 0 amide bonds. The molecular weight excluding hydrogens is 400 g/mol. The van der Waals surface area contributed by atoms with Crippen LogP contribution < -0.4 is 11.5 Å². The number of ether oxygens (including phenoxy) is 1. The number of esters is 1. The SMILES string of the molecule is CCCCCCCCCCCCCCCC(=O)CC(C)(C)C(=O)OC(N)CCCCCN. The molecule has 0 spiro atoms. The Balaban J connectivity index is 3.73. The standard InChI is InChI=1S/C27H54N2O3/c1-4-5-6-7-8-9-10-11-12-13-14-15-17-20-24(30)23-27(2,3)26(31)32-25(29)21-18-16-19-22-28/h25H,4-23,28-29H2,1-3H3. The van der Waals surface area contributed by atoms with E-state index >= 15 is 0 Å². The van der Waals surface area contributed by atoms with E-state index in [1.165, 1.54) is 70.6 Å². The number of nitrogens with two attached hydrogens (primary N) is 2. The predicted molar refractivity (Wildman–Crippen MR) is 135 cm³/mol. The number of Topliss-reactive ketones (excluding diaryl/α,β-unsaturated/α-hetero) is 1. The molecule has 4 N–H and O–H groups in total. The van der Waals surface area contributed by atoms with Gasteiger partial charge in [0.15, 0.2) is 6.23 Å². The number of carbonyl (C=O) groups excluding carboxylic acids is 2. The molecule has 32 heavy (non-hydrogen) atoms. The third-order valence-electron chi connectivity index (χ3n) is 6.20. The average Bonchev–Trinajstić information content (AvgIpc) is 2.74. The van der Waals surface area contributed by atoms with Crippen molar-refractivity contribution in [3.05, 3.63) is 0 Å². The summed E-state index contributed by atoms with van der Waals surface area (Å²) in [6.07, 6.45) is 20.5. The molecule has 0 heterocycles. The van der Waals surface area contributed by atoms with Gasteiger partial charge in [0.1, 0.15) is 5.78 Å². The highest BCUT2D eigenvalue weighted by Crippen LogP contribution is 2.25. The van der Waals surface area contributed by atoms with E-state index in [2.05, 4.69) is 6.92 Å². The van der Waals surface area contributed by atoms with Crippen molar-refractivity contribution in [1.29, 1.82) is 0 Å². The summed E-state index contributed by atoms with van der Waals surface area (Å²) in [7, 11) is 0. The summed E-state index contributed by atoms with van der Waals surface area (Å²) in [5.74, 6) is -0.228. The van der Waals surface area contributed by atoms with E-state index in [0.29, 0.717) is 19.4 Å². The molecule has 0 aliphatic carbocycles. The van der Waals surface area contributed by atoms with Crippen molar-refractivity contribution >= 4 is 11.8 Å². The summed E-state index contributed by atoms with van der Waals surface area (Å²) in [4.78, 5) is 24.8. The fourth-order valence-corrected chi connectivity index (χ4v) is 4.02. The molecule has 0 aromatic rings. The first-order valence-electron chi connectivity index (χ1n) is 13.5. The number of ketones is 1. The molecule has 190 valence electrons. The second-order valence-corrected chi connectivity index (χ2v) is 10.2. The van der Waals surface area contributed by atoms with E-state index in [0.717, 1.165) is 32.1 Å². The van der Waals surface area contributed by atoms with E-state index < -0.39 is 11.6 Å². The molecule has 0 saturated carbocycles. The number of hydrogen-bond acceptors (Lipinski definition) is 5. The summed E-state index contributed by atoms with van der Waals surface area (Å²) in [6, 6.07) is 0. The topological polar surface area (TPSA) is 95.4 Å². The van der Waals surface area contributed by atoms with E-state index in [4.69, 9.17) is 16.2 Å². The van der Waals surface area contributed by atoms with Gasteiger partial charge in [-0.05, 0) is 46.1 Å². The van der Waals surface area contributed by atoms with E-state index in [9.17, 15) is 9.59 Å². The van der Waals surface area contributed by atoms with Crippen molar-refractivity contribution in [2.75, 3.05) is 6.54 Å². The van der Waals surface area contributed by atoms with E-state index in [1.807, 2.05) is 0 Å². The quantitative estimate of drug-likeness (QED) is 0.100.